The molecular weight excluding hydrogens is 208 g/mol. The summed E-state index contributed by atoms with van der Waals surface area (Å²) in [5.41, 5.74) is 0. The number of hydrogen-bond donors (Lipinski definition) is 0. The van der Waals surface area contributed by atoms with Crippen molar-refractivity contribution in [3.8, 4) is 0 Å². The summed E-state index contributed by atoms with van der Waals surface area (Å²) in [7, 11) is 0. The minimum Gasteiger partial charge on any atom is -0.119 e. The van der Waals surface area contributed by atoms with Gasteiger partial charge in [0, 0.05) is 4.20 Å². The molecule has 0 atom stereocenters. The van der Waals surface area contributed by atoms with Gasteiger partial charge in [-0.05, 0) is 25.0 Å². The van der Waals surface area contributed by atoms with Gasteiger partial charge >= 0.3 is 0 Å². The van der Waals surface area contributed by atoms with E-state index in [1.807, 2.05) is 11.8 Å². The molecule has 0 nitrogen and oxygen atoms in total. The van der Waals surface area contributed by atoms with Gasteiger partial charge in [-0.25, -0.2) is 0 Å². The summed E-state index contributed by atoms with van der Waals surface area (Å²) < 4.78 is 1.23. The van der Waals surface area contributed by atoms with Crippen LogP contribution in [0, 0.1) is 0 Å². The zero-order valence-corrected chi connectivity index (χ0v) is 11.3. The highest BCUT2D eigenvalue weighted by molar-refractivity contribution is 8.23. The van der Waals surface area contributed by atoms with E-state index in [4.69, 9.17) is 12.2 Å². The summed E-state index contributed by atoms with van der Waals surface area (Å²) in [5.74, 6) is 1.24. The zero-order chi connectivity index (χ0) is 10.6. The molecule has 0 unspecified atom stereocenters. The van der Waals surface area contributed by atoms with Crippen LogP contribution in [-0.4, -0.2) is 9.95 Å². The third kappa shape index (κ3) is 10.5. The zero-order valence-electron chi connectivity index (χ0n) is 9.68. The number of thioether (sulfide) groups is 1. The largest absolute Gasteiger partial charge is 0.119 e. The van der Waals surface area contributed by atoms with E-state index in [2.05, 4.69) is 13.8 Å². The maximum atomic E-state index is 5.31. The number of unbranched alkanes of at least 4 members (excludes halogenated alkanes) is 5. The molecule has 0 aliphatic carbocycles. The van der Waals surface area contributed by atoms with Gasteiger partial charge in [-0.1, -0.05) is 58.2 Å². The van der Waals surface area contributed by atoms with E-state index in [1.54, 1.807) is 0 Å². The molecule has 0 bridgehead atoms. The summed E-state index contributed by atoms with van der Waals surface area (Å²) in [5, 5.41) is 0. The third-order valence-corrected chi connectivity index (χ3v) is 3.82. The van der Waals surface area contributed by atoms with E-state index >= 15 is 0 Å². The number of thiocarbonyl (C=S) groups is 1. The van der Waals surface area contributed by atoms with Crippen molar-refractivity contribution in [3.63, 3.8) is 0 Å². The second kappa shape index (κ2) is 11.5. The molecule has 0 aromatic rings. The summed E-state index contributed by atoms with van der Waals surface area (Å²) in [6, 6.07) is 0. The molecule has 0 saturated heterocycles. The Kier molecular flexibility index (Phi) is 11.9. The van der Waals surface area contributed by atoms with Crippen LogP contribution in [0.1, 0.15) is 65.2 Å². The monoisotopic (exact) mass is 232 g/mol. The molecule has 0 amide bonds. The Morgan fingerprint density at radius 2 is 1.57 bits per heavy atom. The lowest BCUT2D eigenvalue weighted by molar-refractivity contribution is 0.707. The van der Waals surface area contributed by atoms with Crippen LogP contribution in [0.15, 0.2) is 0 Å². The average Bonchev–Trinajstić information content (AvgIpc) is 2.18. The molecule has 0 saturated carbocycles. The molecule has 2 heteroatoms. The first kappa shape index (κ1) is 14.4. The Morgan fingerprint density at radius 1 is 0.929 bits per heavy atom. The molecule has 84 valence electrons. The van der Waals surface area contributed by atoms with E-state index in [-0.39, 0.29) is 0 Å². The second-order valence-corrected chi connectivity index (χ2v) is 5.68. The Labute approximate surface area is 99.2 Å². The molecule has 0 rings (SSSR count). The van der Waals surface area contributed by atoms with Crippen LogP contribution in [0.4, 0.5) is 0 Å². The van der Waals surface area contributed by atoms with Crippen molar-refractivity contribution in [2.24, 2.45) is 0 Å². The predicted octanol–water partition coefficient (Wildman–Crippen LogP) is 5.21. The maximum absolute atomic E-state index is 5.31. The van der Waals surface area contributed by atoms with Crippen LogP contribution in [0.5, 0.6) is 0 Å². The Morgan fingerprint density at radius 3 is 2.21 bits per heavy atom. The Hall–Kier alpha value is 0.440. The van der Waals surface area contributed by atoms with Gasteiger partial charge < -0.3 is 0 Å². The molecule has 0 aromatic heterocycles. The van der Waals surface area contributed by atoms with Gasteiger partial charge in [0.25, 0.3) is 0 Å². The van der Waals surface area contributed by atoms with Gasteiger partial charge in [0.1, 0.15) is 0 Å². The predicted molar refractivity (Wildman–Crippen MR) is 73.3 cm³/mol. The highest BCUT2D eigenvalue weighted by atomic mass is 32.2. The highest BCUT2D eigenvalue weighted by Gasteiger charge is 1.97. The van der Waals surface area contributed by atoms with Crippen LogP contribution in [0.3, 0.4) is 0 Å². The lowest BCUT2D eigenvalue weighted by Crippen LogP contribution is -1.91. The topological polar surface area (TPSA) is 0 Å². The highest BCUT2D eigenvalue weighted by Crippen LogP contribution is 2.14. The first-order valence-electron chi connectivity index (χ1n) is 5.96. The van der Waals surface area contributed by atoms with Gasteiger partial charge in [-0.2, -0.15) is 0 Å². The summed E-state index contributed by atoms with van der Waals surface area (Å²) in [6.07, 6.45) is 10.5. The molecule has 0 radical (unpaired) electrons. The SMILES string of the molecule is CCCCCCSC(=S)CCCCC. The molecule has 0 spiro atoms. The van der Waals surface area contributed by atoms with Gasteiger partial charge in [-0.15, -0.1) is 11.8 Å². The summed E-state index contributed by atoms with van der Waals surface area (Å²) >= 11 is 7.22. The standard InChI is InChI=1S/C12H24S2/c1-3-5-7-9-11-14-12(13)10-8-6-4-2/h3-11H2,1-2H3. The minimum atomic E-state index is 1.15. The Balaban J connectivity index is 3.10. The van der Waals surface area contributed by atoms with Crippen LogP contribution in [0.25, 0.3) is 0 Å². The molecule has 14 heavy (non-hydrogen) atoms. The molecule has 0 aliphatic rings. The maximum Gasteiger partial charge on any atom is 0.0478 e. The average molecular weight is 232 g/mol. The van der Waals surface area contributed by atoms with Crippen molar-refractivity contribution in [1.29, 1.82) is 0 Å². The Bertz CT molecular complexity index is 132. The van der Waals surface area contributed by atoms with E-state index in [9.17, 15) is 0 Å². The van der Waals surface area contributed by atoms with Crippen molar-refractivity contribution in [3.05, 3.63) is 0 Å². The van der Waals surface area contributed by atoms with Gasteiger partial charge in [-0.3, -0.25) is 0 Å². The normalized spacial score (nSPS) is 10.4. The third-order valence-electron chi connectivity index (χ3n) is 2.25. The number of rotatable bonds is 9. The van der Waals surface area contributed by atoms with Gasteiger partial charge in [0.15, 0.2) is 0 Å². The molecular formula is C12H24S2. The summed E-state index contributed by atoms with van der Waals surface area (Å²) in [4.78, 5) is 0. The quantitative estimate of drug-likeness (QED) is 0.395. The van der Waals surface area contributed by atoms with E-state index in [0.29, 0.717) is 0 Å². The van der Waals surface area contributed by atoms with Crippen molar-refractivity contribution in [2.75, 3.05) is 5.75 Å². The van der Waals surface area contributed by atoms with Crippen LogP contribution < -0.4 is 0 Å². The number of hydrogen-bond acceptors (Lipinski definition) is 2. The lowest BCUT2D eigenvalue weighted by Gasteiger charge is -2.02. The second-order valence-electron chi connectivity index (χ2n) is 3.74. The molecule has 0 aliphatic heterocycles. The van der Waals surface area contributed by atoms with E-state index in [1.165, 1.54) is 54.9 Å². The minimum absolute atomic E-state index is 1.15. The molecule has 0 heterocycles. The molecule has 0 fully saturated rings. The van der Waals surface area contributed by atoms with E-state index in [0.717, 1.165) is 6.42 Å². The fourth-order valence-corrected chi connectivity index (χ4v) is 2.57. The van der Waals surface area contributed by atoms with Crippen molar-refractivity contribution < 1.29 is 0 Å². The van der Waals surface area contributed by atoms with E-state index < -0.39 is 0 Å². The van der Waals surface area contributed by atoms with Crippen molar-refractivity contribution >= 4 is 28.2 Å². The van der Waals surface area contributed by atoms with Crippen LogP contribution >= 0.6 is 24.0 Å². The van der Waals surface area contributed by atoms with Crippen LogP contribution in [-0.2, 0) is 0 Å². The van der Waals surface area contributed by atoms with Gasteiger partial charge in [0.05, 0.1) is 0 Å². The first-order valence-corrected chi connectivity index (χ1v) is 7.36. The first-order chi connectivity index (χ1) is 6.81. The van der Waals surface area contributed by atoms with Gasteiger partial charge in [0.2, 0.25) is 0 Å². The fourth-order valence-electron chi connectivity index (χ4n) is 1.31. The van der Waals surface area contributed by atoms with Crippen molar-refractivity contribution in [2.45, 2.75) is 65.2 Å². The fraction of sp³-hybridized carbons (Fsp3) is 0.917. The smallest absolute Gasteiger partial charge is 0.0478 e. The molecule has 0 N–H and O–H groups in total. The van der Waals surface area contributed by atoms with Crippen molar-refractivity contribution in [1.82, 2.24) is 0 Å². The van der Waals surface area contributed by atoms with Crippen LogP contribution in [0.2, 0.25) is 0 Å². The molecule has 0 aromatic carbocycles. The lowest BCUT2D eigenvalue weighted by atomic mass is 10.2. The summed E-state index contributed by atoms with van der Waals surface area (Å²) in [6.45, 7) is 4.49.